The number of carbonyl (C=O) groups is 1. The number of hydrogen-bond acceptors (Lipinski definition) is 2. The Bertz CT molecular complexity index is 193. The van der Waals surface area contributed by atoms with E-state index in [9.17, 15) is 4.79 Å². The average molecular weight is 219 g/mol. The van der Waals surface area contributed by atoms with Crippen molar-refractivity contribution in [1.29, 1.82) is 0 Å². The van der Waals surface area contributed by atoms with E-state index in [0.29, 0.717) is 6.61 Å². The Hall–Kier alpha value is -0.900. The van der Waals surface area contributed by atoms with Crippen molar-refractivity contribution in [2.75, 3.05) is 33.8 Å². The van der Waals surface area contributed by atoms with Gasteiger partial charge >= 0.3 is 5.97 Å². The van der Waals surface area contributed by atoms with Crippen LogP contribution in [0.1, 0.15) is 19.8 Å². The zero-order chi connectivity index (χ0) is 11.0. The van der Waals surface area contributed by atoms with Crippen LogP contribution in [0.15, 0.2) is 12.7 Å². The molecule has 3 nitrogen and oxygen atoms in total. The van der Waals surface area contributed by atoms with Gasteiger partial charge in [-0.3, -0.25) is 0 Å². The number of quaternary nitrogens is 1. The zero-order valence-electron chi connectivity index (χ0n) is 9.96. The van der Waals surface area contributed by atoms with E-state index in [2.05, 4.69) is 27.6 Å². The van der Waals surface area contributed by atoms with Gasteiger partial charge < -0.3 is 13.9 Å². The van der Waals surface area contributed by atoms with Gasteiger partial charge in [0.05, 0.1) is 33.8 Å². The molecule has 0 amide bonds. The molecule has 0 aliphatic rings. The van der Waals surface area contributed by atoms with Crippen molar-refractivity contribution in [2.24, 2.45) is 0 Å². The van der Waals surface area contributed by atoms with E-state index in [-0.39, 0.29) is 10.7 Å². The molecule has 0 fully saturated rings. The number of unbranched alkanes of at least 4 members (excludes halogenated alkanes) is 1. The van der Waals surface area contributed by atoms with Crippen molar-refractivity contribution in [2.45, 2.75) is 19.8 Å². The summed E-state index contributed by atoms with van der Waals surface area (Å²) in [7, 11) is 4.41. The van der Waals surface area contributed by atoms with Gasteiger partial charge in [-0.05, 0) is 19.8 Å². The van der Waals surface area contributed by atoms with Crippen LogP contribution in [0.4, 0.5) is 0 Å². The molecule has 0 heterocycles. The number of esters is 1. The van der Waals surface area contributed by atoms with Crippen LogP contribution < -0.4 is 4.70 Å². The Morgan fingerprint density at radius 2 is 2.00 bits per heavy atom. The molecule has 4 heteroatoms. The highest BCUT2D eigenvalue weighted by Crippen LogP contribution is 2.01. The normalized spacial score (nSPS) is 10.3. The SMILES string of the molecule is C=CC(=O)OCCCC[N+](C)(C)CC.[F-]. The summed E-state index contributed by atoms with van der Waals surface area (Å²) in [6.45, 7) is 8.28. The Morgan fingerprint density at radius 3 is 2.47 bits per heavy atom. The molecule has 0 saturated heterocycles. The van der Waals surface area contributed by atoms with Crippen molar-refractivity contribution >= 4 is 5.97 Å². The van der Waals surface area contributed by atoms with Crippen LogP contribution in [0.5, 0.6) is 0 Å². The van der Waals surface area contributed by atoms with Crippen LogP contribution in [0.25, 0.3) is 0 Å². The lowest BCUT2D eigenvalue weighted by atomic mass is 10.3. The standard InChI is InChI=1S/C11H22NO2.FH/c1-5-11(13)14-10-8-7-9-12(3,4)6-2;/h5H,1,6-10H2,2-4H3;1H/q+1;/p-1. The number of ether oxygens (including phenoxy) is 1. The minimum absolute atomic E-state index is 0. The molecule has 0 N–H and O–H groups in total. The van der Waals surface area contributed by atoms with Crippen LogP contribution in [-0.4, -0.2) is 44.2 Å². The van der Waals surface area contributed by atoms with Crippen molar-refractivity contribution in [3.8, 4) is 0 Å². The lowest BCUT2D eigenvalue weighted by Crippen LogP contribution is -3.00. The number of halogens is 1. The molecule has 0 saturated carbocycles. The third-order valence-electron chi connectivity index (χ3n) is 2.42. The predicted octanol–water partition coefficient (Wildman–Crippen LogP) is -1.40. The first-order valence-corrected chi connectivity index (χ1v) is 5.13. The van der Waals surface area contributed by atoms with Gasteiger partial charge in [-0.25, -0.2) is 4.79 Å². The first-order chi connectivity index (χ1) is 6.52. The smallest absolute Gasteiger partial charge is 0.330 e. The maximum atomic E-state index is 10.7. The highest BCUT2D eigenvalue weighted by molar-refractivity contribution is 5.81. The van der Waals surface area contributed by atoms with Crippen molar-refractivity contribution < 1.29 is 18.7 Å². The fourth-order valence-electron chi connectivity index (χ4n) is 1.03. The largest absolute Gasteiger partial charge is 1.00 e. The Balaban J connectivity index is 0. The Labute approximate surface area is 91.7 Å². The van der Waals surface area contributed by atoms with E-state index in [1.165, 1.54) is 6.08 Å². The van der Waals surface area contributed by atoms with Crippen LogP contribution in [0.2, 0.25) is 0 Å². The van der Waals surface area contributed by atoms with Crippen molar-refractivity contribution in [3.05, 3.63) is 12.7 Å². The minimum Gasteiger partial charge on any atom is -1.00 e. The summed E-state index contributed by atoms with van der Waals surface area (Å²) in [4.78, 5) is 10.7. The van der Waals surface area contributed by atoms with Gasteiger partial charge in [-0.2, -0.15) is 0 Å². The fraction of sp³-hybridized carbons (Fsp3) is 0.727. The van der Waals surface area contributed by atoms with E-state index < -0.39 is 0 Å². The second-order valence-electron chi connectivity index (χ2n) is 4.05. The molecule has 0 spiro atoms. The van der Waals surface area contributed by atoms with Crippen LogP contribution in [-0.2, 0) is 9.53 Å². The third kappa shape index (κ3) is 9.41. The van der Waals surface area contributed by atoms with Crippen LogP contribution in [0, 0.1) is 0 Å². The third-order valence-corrected chi connectivity index (χ3v) is 2.42. The average Bonchev–Trinajstić information content (AvgIpc) is 2.17. The molecule has 0 aromatic heterocycles. The summed E-state index contributed by atoms with van der Waals surface area (Å²) in [5.74, 6) is -0.325. The summed E-state index contributed by atoms with van der Waals surface area (Å²) in [6, 6.07) is 0. The topological polar surface area (TPSA) is 26.3 Å². The number of rotatable bonds is 7. The van der Waals surface area contributed by atoms with Gasteiger partial charge in [-0.15, -0.1) is 0 Å². The van der Waals surface area contributed by atoms with E-state index in [1.807, 2.05) is 0 Å². The molecule has 0 aliphatic heterocycles. The Morgan fingerprint density at radius 1 is 1.40 bits per heavy atom. The quantitative estimate of drug-likeness (QED) is 0.228. The van der Waals surface area contributed by atoms with Crippen molar-refractivity contribution in [3.63, 3.8) is 0 Å². The molecular weight excluding hydrogens is 197 g/mol. The number of carbonyl (C=O) groups excluding carboxylic acids is 1. The molecule has 0 rings (SSSR count). The second-order valence-corrected chi connectivity index (χ2v) is 4.05. The zero-order valence-corrected chi connectivity index (χ0v) is 9.96. The van der Waals surface area contributed by atoms with E-state index >= 15 is 0 Å². The lowest BCUT2D eigenvalue weighted by molar-refractivity contribution is -0.888. The molecule has 90 valence electrons. The monoisotopic (exact) mass is 219 g/mol. The second kappa shape index (κ2) is 8.41. The lowest BCUT2D eigenvalue weighted by Gasteiger charge is -2.27. The predicted molar refractivity (Wildman–Crippen MR) is 57.9 cm³/mol. The van der Waals surface area contributed by atoms with E-state index in [1.54, 1.807) is 0 Å². The van der Waals surface area contributed by atoms with Gasteiger partial charge in [0, 0.05) is 6.08 Å². The molecule has 0 aromatic rings. The molecule has 0 aromatic carbocycles. The van der Waals surface area contributed by atoms with Crippen molar-refractivity contribution in [1.82, 2.24) is 0 Å². The highest BCUT2D eigenvalue weighted by atomic mass is 19.0. The molecule has 0 radical (unpaired) electrons. The molecular formula is C11H22FNO2. The summed E-state index contributed by atoms with van der Waals surface area (Å²) in [5.41, 5.74) is 0. The van der Waals surface area contributed by atoms with Crippen LogP contribution in [0.3, 0.4) is 0 Å². The number of nitrogens with zero attached hydrogens (tertiary/aromatic N) is 1. The van der Waals surface area contributed by atoms with Gasteiger partial charge in [0.2, 0.25) is 0 Å². The molecule has 0 unspecified atom stereocenters. The van der Waals surface area contributed by atoms with Gasteiger partial charge in [-0.1, -0.05) is 6.58 Å². The number of hydrogen-bond donors (Lipinski definition) is 0. The minimum atomic E-state index is -0.325. The molecule has 0 aliphatic carbocycles. The summed E-state index contributed by atoms with van der Waals surface area (Å²) in [6.07, 6.45) is 3.22. The molecule has 0 atom stereocenters. The summed E-state index contributed by atoms with van der Waals surface area (Å²) >= 11 is 0. The van der Waals surface area contributed by atoms with Gasteiger partial charge in [0.1, 0.15) is 0 Å². The molecule has 15 heavy (non-hydrogen) atoms. The van der Waals surface area contributed by atoms with Gasteiger partial charge in [0.15, 0.2) is 0 Å². The molecule has 0 bridgehead atoms. The van der Waals surface area contributed by atoms with Gasteiger partial charge in [0.25, 0.3) is 0 Å². The first kappa shape index (κ1) is 16.5. The van der Waals surface area contributed by atoms with Crippen LogP contribution >= 0.6 is 0 Å². The highest BCUT2D eigenvalue weighted by Gasteiger charge is 2.10. The van der Waals surface area contributed by atoms with E-state index in [4.69, 9.17) is 4.74 Å². The summed E-state index contributed by atoms with van der Waals surface area (Å²) < 4.78 is 5.90. The first-order valence-electron chi connectivity index (χ1n) is 5.13. The Kier molecular flexibility index (Phi) is 9.27. The maximum absolute atomic E-state index is 10.7. The maximum Gasteiger partial charge on any atom is 0.330 e. The van der Waals surface area contributed by atoms with E-state index in [0.717, 1.165) is 30.4 Å². The fourth-order valence-corrected chi connectivity index (χ4v) is 1.03. The summed E-state index contributed by atoms with van der Waals surface area (Å²) in [5, 5.41) is 0.